The molecule has 3 nitrogen and oxygen atoms in total. The summed E-state index contributed by atoms with van der Waals surface area (Å²) in [6.45, 7) is 0. The minimum atomic E-state index is -0.285. The average molecular weight is 139 g/mol. The van der Waals surface area contributed by atoms with Gasteiger partial charge < -0.3 is 6.26 Å². The number of carbonyl (C=O) groups is 1. The summed E-state index contributed by atoms with van der Waals surface area (Å²) in [6.07, 6.45) is 2.83. The maximum Gasteiger partial charge on any atom is 1.00 e. The molecule has 1 fully saturated rings. The van der Waals surface area contributed by atoms with Gasteiger partial charge in [0.25, 0.3) is 0 Å². The van der Waals surface area contributed by atoms with E-state index in [1.165, 1.54) is 0 Å². The Morgan fingerprint density at radius 1 is 1.78 bits per heavy atom. The van der Waals surface area contributed by atoms with E-state index >= 15 is 0 Å². The van der Waals surface area contributed by atoms with Crippen LogP contribution in [0.25, 0.3) is 0 Å². The molecule has 0 atom stereocenters. The number of carbonyl (C=O) groups excluding carboxylic acids is 1. The van der Waals surface area contributed by atoms with Crippen LogP contribution in [0.3, 0.4) is 0 Å². The van der Waals surface area contributed by atoms with E-state index in [1.54, 1.807) is 0 Å². The Morgan fingerprint density at radius 2 is 2.33 bits per heavy atom. The molecular formula is C5H10NNaO2. The van der Waals surface area contributed by atoms with Gasteiger partial charge in [-0.3, -0.25) is 4.79 Å². The van der Waals surface area contributed by atoms with Gasteiger partial charge in [0.05, 0.1) is 6.42 Å². The second kappa shape index (κ2) is 4.28. The van der Waals surface area contributed by atoms with Gasteiger partial charge in [-0.1, -0.05) is 0 Å². The Bertz CT molecular complexity index is 108. The van der Waals surface area contributed by atoms with E-state index in [-0.39, 0.29) is 37.0 Å². The normalized spacial score (nSPS) is 16.1. The molecule has 1 saturated carbocycles. The first kappa shape index (κ1) is 9.43. The zero-order chi connectivity index (χ0) is 5.98. The number of hydrogen-bond acceptors (Lipinski definition) is 3. The Hall–Kier alpha value is 0.430. The summed E-state index contributed by atoms with van der Waals surface area (Å²) >= 11 is 0. The van der Waals surface area contributed by atoms with Crippen molar-refractivity contribution in [2.45, 2.75) is 19.3 Å². The molecule has 1 aliphatic rings. The van der Waals surface area contributed by atoms with Gasteiger partial charge in [0.15, 0.2) is 0 Å². The topological polar surface area (TPSA) is 52.3 Å². The summed E-state index contributed by atoms with van der Waals surface area (Å²) in [7, 11) is 0. The van der Waals surface area contributed by atoms with E-state index in [0.29, 0.717) is 12.3 Å². The van der Waals surface area contributed by atoms with Crippen molar-refractivity contribution in [3.05, 3.63) is 0 Å². The van der Waals surface area contributed by atoms with Crippen LogP contribution in [0.2, 0.25) is 0 Å². The molecule has 48 valence electrons. The molecule has 0 heterocycles. The van der Waals surface area contributed by atoms with Crippen molar-refractivity contribution in [1.29, 1.82) is 0 Å². The first-order valence-electron chi connectivity index (χ1n) is 2.72. The maximum atomic E-state index is 10.3. The summed E-state index contributed by atoms with van der Waals surface area (Å²) in [5, 5.41) is 0. The summed E-state index contributed by atoms with van der Waals surface area (Å²) in [5.74, 6) is 4.89. The number of rotatable bonds is 2. The third kappa shape index (κ3) is 3.92. The van der Waals surface area contributed by atoms with E-state index in [1.807, 2.05) is 0 Å². The summed E-state index contributed by atoms with van der Waals surface area (Å²) in [5.41, 5.74) is 0. The quantitative estimate of drug-likeness (QED) is 0.335. The molecule has 0 spiro atoms. The fourth-order valence-electron chi connectivity index (χ4n) is 0.606. The van der Waals surface area contributed by atoms with Gasteiger partial charge in [-0.25, -0.2) is 0 Å². The van der Waals surface area contributed by atoms with Gasteiger partial charge in [0.1, 0.15) is 0 Å². The molecule has 4 heteroatoms. The van der Waals surface area contributed by atoms with Gasteiger partial charge in [-0.2, -0.15) is 5.90 Å². The summed E-state index contributed by atoms with van der Waals surface area (Å²) in [6, 6.07) is 0. The molecule has 0 radical (unpaired) electrons. The fraction of sp³-hybridized carbons (Fsp3) is 0.800. The molecule has 0 aromatic rings. The molecule has 0 aromatic carbocycles. The first-order chi connectivity index (χ1) is 3.83. The molecule has 9 heavy (non-hydrogen) atoms. The first-order valence-corrected chi connectivity index (χ1v) is 2.72. The van der Waals surface area contributed by atoms with Crippen molar-refractivity contribution >= 4 is 5.97 Å². The van der Waals surface area contributed by atoms with Gasteiger partial charge >= 0.3 is 35.5 Å². The Labute approximate surface area is 77.7 Å². The molecule has 2 N–H and O–H groups in total. The largest absolute Gasteiger partial charge is 1.00 e. The summed E-state index contributed by atoms with van der Waals surface area (Å²) in [4.78, 5) is 14.3. The molecule has 0 bridgehead atoms. The van der Waals surface area contributed by atoms with E-state index in [9.17, 15) is 4.79 Å². The van der Waals surface area contributed by atoms with Crippen molar-refractivity contribution in [3.63, 3.8) is 0 Å². The van der Waals surface area contributed by atoms with Crippen molar-refractivity contribution in [1.82, 2.24) is 0 Å². The molecule has 0 aliphatic heterocycles. The number of hydrogen-bond donors (Lipinski definition) is 1. The monoisotopic (exact) mass is 139 g/mol. The van der Waals surface area contributed by atoms with E-state index < -0.39 is 0 Å². The summed E-state index contributed by atoms with van der Waals surface area (Å²) < 4.78 is 0. The fourth-order valence-corrected chi connectivity index (χ4v) is 0.606. The molecule has 0 aromatic heterocycles. The van der Waals surface area contributed by atoms with E-state index in [0.717, 1.165) is 12.8 Å². The third-order valence-corrected chi connectivity index (χ3v) is 1.28. The average Bonchev–Trinajstić information content (AvgIpc) is 2.50. The molecule has 0 amide bonds. The zero-order valence-corrected chi connectivity index (χ0v) is 7.59. The van der Waals surface area contributed by atoms with Gasteiger partial charge in [-0.15, -0.1) is 0 Å². The molecule has 0 unspecified atom stereocenters. The third-order valence-electron chi connectivity index (χ3n) is 1.28. The minimum Gasteiger partial charge on any atom is -1.00 e. The van der Waals surface area contributed by atoms with Crippen LogP contribution in [0.15, 0.2) is 0 Å². The molecule has 1 aliphatic carbocycles. The van der Waals surface area contributed by atoms with Crippen LogP contribution in [0.5, 0.6) is 0 Å². The second-order valence-corrected chi connectivity index (χ2v) is 2.14. The Kier molecular flexibility index (Phi) is 4.48. The molecule has 1 rings (SSSR count). The van der Waals surface area contributed by atoms with Crippen LogP contribution in [-0.2, 0) is 9.63 Å². The van der Waals surface area contributed by atoms with Gasteiger partial charge in [-0.05, 0) is 18.8 Å². The second-order valence-electron chi connectivity index (χ2n) is 2.14. The van der Waals surface area contributed by atoms with Crippen LogP contribution in [0.1, 0.15) is 20.7 Å². The predicted molar refractivity (Wildman–Crippen MR) is 28.7 cm³/mol. The smallest absolute Gasteiger partial charge is 1.00 e. The minimum absolute atomic E-state index is 0. The molecular weight excluding hydrogens is 129 g/mol. The van der Waals surface area contributed by atoms with Crippen molar-refractivity contribution in [2.75, 3.05) is 0 Å². The van der Waals surface area contributed by atoms with E-state index in [4.69, 9.17) is 0 Å². The zero-order valence-electron chi connectivity index (χ0n) is 6.59. The van der Waals surface area contributed by atoms with Crippen LogP contribution in [0.4, 0.5) is 0 Å². The van der Waals surface area contributed by atoms with Crippen LogP contribution in [0, 0.1) is 5.92 Å². The maximum absolute atomic E-state index is 10.3. The van der Waals surface area contributed by atoms with Crippen molar-refractivity contribution < 1.29 is 40.6 Å². The number of nitrogens with two attached hydrogens (primary N) is 1. The van der Waals surface area contributed by atoms with Crippen LogP contribution in [-0.4, -0.2) is 5.97 Å². The Morgan fingerprint density at radius 3 is 2.67 bits per heavy atom. The van der Waals surface area contributed by atoms with E-state index in [2.05, 4.69) is 10.7 Å². The van der Waals surface area contributed by atoms with Crippen molar-refractivity contribution in [3.8, 4) is 0 Å². The van der Waals surface area contributed by atoms with Gasteiger partial charge in [0.2, 0.25) is 0 Å². The predicted octanol–water partition coefficient (Wildman–Crippen LogP) is -2.68. The van der Waals surface area contributed by atoms with Crippen molar-refractivity contribution in [2.24, 2.45) is 11.8 Å². The van der Waals surface area contributed by atoms with Crippen LogP contribution < -0.4 is 35.5 Å². The SMILES string of the molecule is NOC(=O)CC1CC1.[H-].[Na+]. The van der Waals surface area contributed by atoms with Gasteiger partial charge in [0, 0.05) is 0 Å². The Balaban J connectivity index is 0. The van der Waals surface area contributed by atoms with Crippen LogP contribution >= 0.6 is 0 Å². The molecule has 0 saturated heterocycles. The standard InChI is InChI=1S/C5H9NO2.Na.H/c6-8-5(7)3-4-1-2-4;;/h4H,1-3,6H2;;/q;+1;-1.